The fraction of sp³-hybridized carbons (Fsp3) is 0.467. The summed E-state index contributed by atoms with van der Waals surface area (Å²) >= 11 is 0. The zero-order chi connectivity index (χ0) is 13.4. The number of carbonyl (C=O) groups excluding carboxylic acids is 2. The van der Waals surface area contributed by atoms with Crippen molar-refractivity contribution in [3.8, 4) is 0 Å². The number of amides is 2. The van der Waals surface area contributed by atoms with Crippen molar-refractivity contribution >= 4 is 11.8 Å². The molecule has 4 heteroatoms. The van der Waals surface area contributed by atoms with Crippen molar-refractivity contribution in [3.63, 3.8) is 0 Å². The van der Waals surface area contributed by atoms with Gasteiger partial charge in [-0.3, -0.25) is 9.59 Å². The van der Waals surface area contributed by atoms with Gasteiger partial charge >= 0.3 is 0 Å². The third kappa shape index (κ3) is 2.11. The van der Waals surface area contributed by atoms with E-state index in [-0.39, 0.29) is 23.8 Å². The van der Waals surface area contributed by atoms with Crippen LogP contribution in [0.15, 0.2) is 30.3 Å². The normalized spacial score (nSPS) is 26.5. The zero-order valence-corrected chi connectivity index (χ0v) is 11.1. The van der Waals surface area contributed by atoms with Gasteiger partial charge in [0.05, 0.1) is 6.04 Å². The minimum atomic E-state index is 0.0762. The quantitative estimate of drug-likeness (QED) is 0.763. The van der Waals surface area contributed by atoms with Gasteiger partial charge < -0.3 is 9.80 Å². The topological polar surface area (TPSA) is 40.6 Å². The van der Waals surface area contributed by atoms with Crippen molar-refractivity contribution in [2.75, 3.05) is 19.6 Å². The van der Waals surface area contributed by atoms with E-state index in [1.807, 2.05) is 47.1 Å². The van der Waals surface area contributed by atoms with Gasteiger partial charge in [-0.1, -0.05) is 25.1 Å². The number of hydrogen-bond donors (Lipinski definition) is 0. The second-order valence-electron chi connectivity index (χ2n) is 5.44. The molecule has 0 aliphatic carbocycles. The molecule has 2 aliphatic heterocycles. The van der Waals surface area contributed by atoms with Crippen LogP contribution >= 0.6 is 0 Å². The summed E-state index contributed by atoms with van der Waals surface area (Å²) in [4.78, 5) is 28.1. The second-order valence-corrected chi connectivity index (χ2v) is 5.44. The molecule has 2 saturated heterocycles. The molecule has 100 valence electrons. The van der Waals surface area contributed by atoms with Crippen LogP contribution in [0.4, 0.5) is 0 Å². The van der Waals surface area contributed by atoms with E-state index in [1.54, 1.807) is 0 Å². The lowest BCUT2D eigenvalue weighted by Crippen LogP contribution is -2.53. The molecule has 3 rings (SSSR count). The highest BCUT2D eigenvalue weighted by atomic mass is 16.2. The van der Waals surface area contributed by atoms with Crippen molar-refractivity contribution in [1.82, 2.24) is 9.80 Å². The Hall–Kier alpha value is -1.84. The number of carbonyl (C=O) groups is 2. The average Bonchev–Trinajstić information content (AvgIpc) is 2.74. The molecule has 2 fully saturated rings. The molecular formula is C15H18N2O2. The molecule has 0 spiro atoms. The van der Waals surface area contributed by atoms with Crippen LogP contribution in [-0.4, -0.2) is 47.3 Å². The van der Waals surface area contributed by atoms with Crippen molar-refractivity contribution in [2.45, 2.75) is 19.4 Å². The Balaban J connectivity index is 1.72. The predicted molar refractivity (Wildman–Crippen MR) is 71.6 cm³/mol. The average molecular weight is 258 g/mol. The molecule has 2 heterocycles. The lowest BCUT2D eigenvalue weighted by molar-refractivity contribution is -0.132. The van der Waals surface area contributed by atoms with Crippen molar-refractivity contribution in [3.05, 3.63) is 35.9 Å². The first-order valence-electron chi connectivity index (χ1n) is 6.81. The first-order chi connectivity index (χ1) is 9.16. The fourth-order valence-corrected chi connectivity index (χ4v) is 3.09. The number of benzene rings is 1. The Bertz CT molecular complexity index is 500. The van der Waals surface area contributed by atoms with E-state index in [0.717, 1.165) is 12.0 Å². The molecule has 1 aromatic rings. The molecule has 0 N–H and O–H groups in total. The SMILES string of the molecule is C[C@@H]1C[C@H]2CN(C(=O)c3ccccc3)CCN2C1=O. The molecule has 1 aromatic carbocycles. The van der Waals surface area contributed by atoms with Crippen LogP contribution in [0, 0.1) is 5.92 Å². The van der Waals surface area contributed by atoms with Crippen LogP contribution in [0.5, 0.6) is 0 Å². The molecule has 4 nitrogen and oxygen atoms in total. The summed E-state index contributed by atoms with van der Waals surface area (Å²) in [6, 6.07) is 9.57. The maximum absolute atomic E-state index is 12.4. The van der Waals surface area contributed by atoms with Crippen LogP contribution in [0.25, 0.3) is 0 Å². The first-order valence-corrected chi connectivity index (χ1v) is 6.81. The lowest BCUT2D eigenvalue weighted by Gasteiger charge is -2.37. The summed E-state index contributed by atoms with van der Waals surface area (Å²) in [7, 11) is 0. The monoisotopic (exact) mass is 258 g/mol. The van der Waals surface area contributed by atoms with Crippen LogP contribution in [0.2, 0.25) is 0 Å². The first kappa shape index (κ1) is 12.2. The van der Waals surface area contributed by atoms with Crippen LogP contribution in [0.1, 0.15) is 23.7 Å². The molecule has 2 amide bonds. The summed E-state index contributed by atoms with van der Waals surface area (Å²) in [6.07, 6.45) is 0.872. The predicted octanol–water partition coefficient (Wildman–Crippen LogP) is 1.38. The summed E-state index contributed by atoms with van der Waals surface area (Å²) < 4.78 is 0. The molecular weight excluding hydrogens is 240 g/mol. The third-order valence-corrected chi connectivity index (χ3v) is 4.12. The summed E-state index contributed by atoms with van der Waals surface area (Å²) in [5.74, 6) is 0.431. The van der Waals surface area contributed by atoms with E-state index < -0.39 is 0 Å². The summed E-state index contributed by atoms with van der Waals surface area (Å²) in [5.41, 5.74) is 0.730. The number of fused-ring (bicyclic) bond motifs is 1. The van der Waals surface area contributed by atoms with Gasteiger partial charge in [-0.2, -0.15) is 0 Å². The molecule has 0 bridgehead atoms. The van der Waals surface area contributed by atoms with E-state index >= 15 is 0 Å². The molecule has 0 aromatic heterocycles. The number of nitrogens with zero attached hydrogens (tertiary/aromatic N) is 2. The largest absolute Gasteiger partial charge is 0.336 e. The molecule has 2 atom stereocenters. The van der Waals surface area contributed by atoms with Crippen molar-refractivity contribution in [2.24, 2.45) is 5.92 Å². The molecule has 0 saturated carbocycles. The smallest absolute Gasteiger partial charge is 0.253 e. The molecule has 19 heavy (non-hydrogen) atoms. The van der Waals surface area contributed by atoms with Crippen LogP contribution < -0.4 is 0 Å². The minimum absolute atomic E-state index is 0.0762. The van der Waals surface area contributed by atoms with Gasteiger partial charge in [-0.25, -0.2) is 0 Å². The molecule has 2 aliphatic rings. The van der Waals surface area contributed by atoms with Crippen molar-refractivity contribution in [1.29, 1.82) is 0 Å². The lowest BCUT2D eigenvalue weighted by atomic mass is 10.1. The van der Waals surface area contributed by atoms with Gasteiger partial charge in [-0.15, -0.1) is 0 Å². The van der Waals surface area contributed by atoms with E-state index in [4.69, 9.17) is 0 Å². The Morgan fingerprint density at radius 1 is 1.21 bits per heavy atom. The Labute approximate surface area is 113 Å². The summed E-state index contributed by atoms with van der Waals surface area (Å²) in [6.45, 7) is 3.96. The number of hydrogen-bond acceptors (Lipinski definition) is 2. The zero-order valence-electron chi connectivity index (χ0n) is 11.1. The van der Waals surface area contributed by atoms with Gasteiger partial charge in [0.15, 0.2) is 0 Å². The number of piperazine rings is 1. The van der Waals surface area contributed by atoms with Gasteiger partial charge in [0.25, 0.3) is 5.91 Å². The second kappa shape index (κ2) is 4.68. The highest BCUT2D eigenvalue weighted by Crippen LogP contribution is 2.27. The maximum atomic E-state index is 12.4. The van der Waals surface area contributed by atoms with Crippen molar-refractivity contribution < 1.29 is 9.59 Å². The maximum Gasteiger partial charge on any atom is 0.253 e. The third-order valence-electron chi connectivity index (χ3n) is 4.12. The van der Waals surface area contributed by atoms with Gasteiger partial charge in [0.2, 0.25) is 5.91 Å². The minimum Gasteiger partial charge on any atom is -0.336 e. The van der Waals surface area contributed by atoms with Gasteiger partial charge in [0, 0.05) is 31.1 Å². The standard InChI is InChI=1S/C15H18N2O2/c1-11-9-13-10-16(7-8-17(13)14(11)18)15(19)12-5-3-2-4-6-12/h2-6,11,13H,7-10H2,1H3/t11-,13+/m1/s1. The van der Waals surface area contributed by atoms with Gasteiger partial charge in [-0.05, 0) is 18.6 Å². The molecule has 0 unspecified atom stereocenters. The van der Waals surface area contributed by atoms with Gasteiger partial charge in [0.1, 0.15) is 0 Å². The Morgan fingerprint density at radius 3 is 2.68 bits per heavy atom. The highest BCUT2D eigenvalue weighted by Gasteiger charge is 2.41. The highest BCUT2D eigenvalue weighted by molar-refractivity contribution is 5.94. The van der Waals surface area contributed by atoms with E-state index in [1.165, 1.54) is 0 Å². The van der Waals surface area contributed by atoms with E-state index in [2.05, 4.69) is 0 Å². The Kier molecular flexibility index (Phi) is 3.01. The van der Waals surface area contributed by atoms with Crippen LogP contribution in [0.3, 0.4) is 0 Å². The van der Waals surface area contributed by atoms with E-state index in [0.29, 0.717) is 19.6 Å². The van der Waals surface area contributed by atoms with Crippen LogP contribution in [-0.2, 0) is 4.79 Å². The van der Waals surface area contributed by atoms with E-state index in [9.17, 15) is 9.59 Å². The number of rotatable bonds is 1. The summed E-state index contributed by atoms with van der Waals surface area (Å²) in [5, 5.41) is 0. The molecule has 0 radical (unpaired) electrons. The Morgan fingerprint density at radius 2 is 1.95 bits per heavy atom. The fourth-order valence-electron chi connectivity index (χ4n) is 3.09.